The predicted octanol–water partition coefficient (Wildman–Crippen LogP) is 4.52. The number of hydrogen-bond acceptors (Lipinski definition) is 1. The highest BCUT2D eigenvalue weighted by Crippen LogP contribution is 2.31. The first-order valence-electron chi connectivity index (χ1n) is 7.12. The van der Waals surface area contributed by atoms with Crippen molar-refractivity contribution in [3.05, 3.63) is 82.0 Å². The Bertz CT molecular complexity index is 753. The van der Waals surface area contributed by atoms with Crippen molar-refractivity contribution in [3.63, 3.8) is 0 Å². The second-order valence-electron chi connectivity index (χ2n) is 5.07. The maximum absolute atomic E-state index is 6.21. The summed E-state index contributed by atoms with van der Waals surface area (Å²) in [4.78, 5) is 0. The Morgan fingerprint density at radius 3 is 2.45 bits per heavy atom. The van der Waals surface area contributed by atoms with Gasteiger partial charge in [-0.25, -0.2) is 0 Å². The highest BCUT2D eigenvalue weighted by atomic mass is 35.5. The maximum Gasteiger partial charge on any atom is 0.158 e. The van der Waals surface area contributed by atoms with E-state index in [4.69, 9.17) is 27.6 Å². The minimum atomic E-state index is 0.599. The lowest BCUT2D eigenvalue weighted by molar-refractivity contribution is -0.687. The van der Waals surface area contributed by atoms with Gasteiger partial charge in [-0.15, -0.1) is 0 Å². The maximum atomic E-state index is 6.21. The lowest BCUT2D eigenvalue weighted by Gasteiger charge is -2.02. The van der Waals surface area contributed by atoms with Crippen LogP contribution in [0.1, 0.15) is 11.3 Å². The van der Waals surface area contributed by atoms with Crippen LogP contribution in [0.3, 0.4) is 0 Å². The molecular formula is C18H16Cl2NO+. The fourth-order valence-corrected chi connectivity index (χ4v) is 2.82. The third-order valence-electron chi connectivity index (χ3n) is 3.43. The second-order valence-corrected chi connectivity index (χ2v) is 5.92. The molecule has 0 saturated heterocycles. The Kier molecular flexibility index (Phi) is 4.84. The van der Waals surface area contributed by atoms with Gasteiger partial charge in [0.15, 0.2) is 5.76 Å². The van der Waals surface area contributed by atoms with Crippen LogP contribution in [0.5, 0.6) is 0 Å². The quantitative estimate of drug-likeness (QED) is 0.731. The van der Waals surface area contributed by atoms with Gasteiger partial charge in [0.1, 0.15) is 18.8 Å². The van der Waals surface area contributed by atoms with E-state index in [2.05, 4.69) is 29.6 Å². The van der Waals surface area contributed by atoms with Crippen LogP contribution in [0.4, 0.5) is 0 Å². The van der Waals surface area contributed by atoms with Gasteiger partial charge in [-0.3, -0.25) is 0 Å². The zero-order valence-electron chi connectivity index (χ0n) is 11.9. The first-order chi connectivity index (χ1) is 10.7. The van der Waals surface area contributed by atoms with E-state index >= 15 is 0 Å². The van der Waals surface area contributed by atoms with Crippen molar-refractivity contribution < 1.29 is 9.73 Å². The molecule has 0 aliphatic rings. The average molecular weight is 333 g/mol. The van der Waals surface area contributed by atoms with E-state index in [0.717, 1.165) is 30.2 Å². The summed E-state index contributed by atoms with van der Waals surface area (Å²) in [5.41, 5.74) is 2.16. The molecule has 0 aliphatic heterocycles. The summed E-state index contributed by atoms with van der Waals surface area (Å²) < 4.78 is 5.87. The molecule has 22 heavy (non-hydrogen) atoms. The first-order valence-corrected chi connectivity index (χ1v) is 7.88. The number of nitrogens with two attached hydrogens (primary N) is 1. The Labute approximate surface area is 139 Å². The van der Waals surface area contributed by atoms with Crippen molar-refractivity contribution in [2.24, 2.45) is 0 Å². The Hall–Kier alpha value is -1.74. The molecular weight excluding hydrogens is 317 g/mol. The summed E-state index contributed by atoms with van der Waals surface area (Å²) in [5.74, 6) is 1.70. The molecule has 2 nitrogen and oxygen atoms in total. The lowest BCUT2D eigenvalue weighted by atomic mass is 10.2. The van der Waals surface area contributed by atoms with Crippen LogP contribution < -0.4 is 5.32 Å². The van der Waals surface area contributed by atoms with Gasteiger partial charge in [0.05, 0.1) is 5.02 Å². The fraction of sp³-hybridized carbons (Fsp3) is 0.111. The van der Waals surface area contributed by atoms with Gasteiger partial charge in [0.25, 0.3) is 0 Å². The van der Waals surface area contributed by atoms with Gasteiger partial charge in [-0.1, -0.05) is 53.5 Å². The molecule has 0 radical (unpaired) electrons. The van der Waals surface area contributed by atoms with Gasteiger partial charge < -0.3 is 9.73 Å². The van der Waals surface area contributed by atoms with Crippen molar-refractivity contribution in [1.29, 1.82) is 0 Å². The molecule has 1 aromatic heterocycles. The Morgan fingerprint density at radius 2 is 1.68 bits per heavy atom. The first kappa shape index (κ1) is 15.2. The van der Waals surface area contributed by atoms with Crippen LogP contribution in [0.15, 0.2) is 65.1 Å². The number of halogens is 2. The molecule has 0 bridgehead atoms. The zero-order valence-corrected chi connectivity index (χ0v) is 13.4. The van der Waals surface area contributed by atoms with E-state index in [1.807, 2.05) is 30.3 Å². The second kappa shape index (κ2) is 7.01. The number of benzene rings is 2. The number of furan rings is 1. The van der Waals surface area contributed by atoms with E-state index in [1.54, 1.807) is 6.07 Å². The van der Waals surface area contributed by atoms with Crippen molar-refractivity contribution in [1.82, 2.24) is 0 Å². The molecule has 0 saturated carbocycles. The van der Waals surface area contributed by atoms with Crippen LogP contribution in [0.2, 0.25) is 10.0 Å². The molecule has 0 spiro atoms. The molecule has 0 amide bonds. The zero-order chi connectivity index (χ0) is 15.4. The summed E-state index contributed by atoms with van der Waals surface area (Å²) in [5, 5.41) is 3.43. The van der Waals surface area contributed by atoms with Gasteiger partial charge in [0, 0.05) is 16.1 Å². The standard InChI is InChI=1S/C18H15Cl2NO/c19-14-6-8-16(17(20)10-14)18-9-7-15(22-18)12-21-11-13-4-2-1-3-5-13/h1-10,21H,11-12H2/p+1. The third kappa shape index (κ3) is 3.72. The molecule has 0 fully saturated rings. The minimum Gasteiger partial charge on any atom is -0.455 e. The molecule has 1 heterocycles. The molecule has 112 valence electrons. The molecule has 0 unspecified atom stereocenters. The molecule has 4 heteroatoms. The van der Waals surface area contributed by atoms with Crippen molar-refractivity contribution in [2.45, 2.75) is 13.1 Å². The largest absolute Gasteiger partial charge is 0.455 e. The summed E-state index contributed by atoms with van der Waals surface area (Å²) in [6, 6.07) is 19.7. The van der Waals surface area contributed by atoms with Crippen LogP contribution in [-0.2, 0) is 13.1 Å². The highest BCUT2D eigenvalue weighted by Gasteiger charge is 2.10. The predicted molar refractivity (Wildman–Crippen MR) is 89.9 cm³/mol. The van der Waals surface area contributed by atoms with Crippen LogP contribution in [0, 0.1) is 0 Å². The number of hydrogen-bond donors (Lipinski definition) is 1. The van der Waals surface area contributed by atoms with E-state index in [-0.39, 0.29) is 0 Å². The van der Waals surface area contributed by atoms with E-state index < -0.39 is 0 Å². The molecule has 2 aromatic carbocycles. The minimum absolute atomic E-state index is 0.599. The van der Waals surface area contributed by atoms with E-state index in [9.17, 15) is 0 Å². The highest BCUT2D eigenvalue weighted by molar-refractivity contribution is 6.36. The SMILES string of the molecule is Clc1ccc(-c2ccc(C[NH2+]Cc3ccccc3)o2)c(Cl)c1. The van der Waals surface area contributed by atoms with E-state index in [1.165, 1.54) is 5.56 Å². The summed E-state index contributed by atoms with van der Waals surface area (Å²) >= 11 is 12.1. The summed E-state index contributed by atoms with van der Waals surface area (Å²) in [7, 11) is 0. The Morgan fingerprint density at radius 1 is 0.864 bits per heavy atom. The topological polar surface area (TPSA) is 29.8 Å². The molecule has 0 aliphatic carbocycles. The van der Waals surface area contributed by atoms with Crippen molar-refractivity contribution in [3.8, 4) is 11.3 Å². The molecule has 3 aromatic rings. The monoisotopic (exact) mass is 332 g/mol. The Balaban J connectivity index is 1.64. The number of quaternary nitrogens is 1. The van der Waals surface area contributed by atoms with Crippen LogP contribution in [-0.4, -0.2) is 0 Å². The number of rotatable bonds is 5. The summed E-state index contributed by atoms with van der Waals surface area (Å²) in [6.07, 6.45) is 0. The van der Waals surface area contributed by atoms with E-state index in [0.29, 0.717) is 10.0 Å². The lowest BCUT2D eigenvalue weighted by Crippen LogP contribution is -2.80. The van der Waals surface area contributed by atoms with Gasteiger partial charge in [0.2, 0.25) is 0 Å². The molecule has 0 atom stereocenters. The smallest absolute Gasteiger partial charge is 0.158 e. The van der Waals surface area contributed by atoms with Gasteiger partial charge >= 0.3 is 0 Å². The van der Waals surface area contributed by atoms with Crippen molar-refractivity contribution >= 4 is 23.2 Å². The summed E-state index contributed by atoms with van der Waals surface area (Å²) in [6.45, 7) is 1.72. The average Bonchev–Trinajstić information content (AvgIpc) is 2.97. The van der Waals surface area contributed by atoms with Crippen molar-refractivity contribution in [2.75, 3.05) is 0 Å². The molecule has 3 rings (SSSR count). The van der Waals surface area contributed by atoms with Crippen LogP contribution >= 0.6 is 23.2 Å². The molecule has 2 N–H and O–H groups in total. The fourth-order valence-electron chi connectivity index (χ4n) is 2.32. The van der Waals surface area contributed by atoms with Gasteiger partial charge in [-0.05, 0) is 30.3 Å². The third-order valence-corrected chi connectivity index (χ3v) is 3.97. The van der Waals surface area contributed by atoms with Gasteiger partial charge in [-0.2, -0.15) is 0 Å². The van der Waals surface area contributed by atoms with Crippen LogP contribution in [0.25, 0.3) is 11.3 Å². The normalized spacial score (nSPS) is 10.8.